The van der Waals surface area contributed by atoms with Crippen LogP contribution in [0.1, 0.15) is 24.0 Å². The van der Waals surface area contributed by atoms with E-state index in [9.17, 15) is 9.59 Å². The van der Waals surface area contributed by atoms with E-state index in [1.807, 2.05) is 36.7 Å². The number of rotatable bonds is 3. The topological polar surface area (TPSA) is 64.6 Å². The largest absolute Gasteiger partial charge is 0.443 e. The zero-order valence-corrected chi connectivity index (χ0v) is 13.6. The van der Waals surface area contributed by atoms with E-state index in [0.29, 0.717) is 0 Å². The lowest BCUT2D eigenvalue weighted by molar-refractivity contribution is -0.151. The highest BCUT2D eigenvalue weighted by Crippen LogP contribution is 2.25. The standard InChI is InChI=1S/C13H14Cl3NO4/c1-8-3-5-10(6-4-8)9(2)11(18)21-17-12(19)20-7-13(14,15)16/h3-6,9H,7H2,1-2H3,(H,17,19). The van der Waals surface area contributed by atoms with Gasteiger partial charge in [-0.25, -0.2) is 9.59 Å². The number of hydrogen-bond donors (Lipinski definition) is 1. The van der Waals surface area contributed by atoms with Gasteiger partial charge in [0.25, 0.3) is 0 Å². The molecule has 0 saturated heterocycles. The summed E-state index contributed by atoms with van der Waals surface area (Å²) in [7, 11) is 0. The lowest BCUT2D eigenvalue weighted by Gasteiger charge is -2.13. The van der Waals surface area contributed by atoms with Crippen molar-refractivity contribution in [3.8, 4) is 0 Å². The van der Waals surface area contributed by atoms with E-state index < -0.39 is 28.4 Å². The molecule has 0 aromatic heterocycles. The van der Waals surface area contributed by atoms with Crippen LogP contribution in [0.25, 0.3) is 0 Å². The fourth-order valence-corrected chi connectivity index (χ4v) is 1.51. The van der Waals surface area contributed by atoms with Gasteiger partial charge in [-0.1, -0.05) is 64.6 Å². The summed E-state index contributed by atoms with van der Waals surface area (Å²) in [4.78, 5) is 27.6. The Morgan fingerprint density at radius 1 is 1.24 bits per heavy atom. The Labute approximate surface area is 137 Å². The number of benzene rings is 1. The molecule has 1 aromatic carbocycles. The van der Waals surface area contributed by atoms with Crippen LogP contribution in [0.3, 0.4) is 0 Å². The van der Waals surface area contributed by atoms with Crippen LogP contribution in [0.2, 0.25) is 0 Å². The molecule has 5 nitrogen and oxygen atoms in total. The Hall–Kier alpha value is -1.17. The van der Waals surface area contributed by atoms with Crippen molar-refractivity contribution in [3.05, 3.63) is 35.4 Å². The lowest BCUT2D eigenvalue weighted by Crippen LogP contribution is -2.31. The molecule has 1 amide bonds. The number of hydroxylamine groups is 1. The van der Waals surface area contributed by atoms with Gasteiger partial charge in [0.15, 0.2) is 0 Å². The number of aryl methyl sites for hydroxylation is 1. The normalized spacial score (nSPS) is 12.4. The van der Waals surface area contributed by atoms with E-state index >= 15 is 0 Å². The average Bonchev–Trinajstić information content (AvgIpc) is 2.41. The molecule has 0 spiro atoms. The first-order valence-corrected chi connectivity index (χ1v) is 7.09. The molecule has 0 aliphatic carbocycles. The van der Waals surface area contributed by atoms with E-state index in [0.717, 1.165) is 11.1 Å². The third-order valence-corrected chi connectivity index (χ3v) is 2.86. The molecule has 1 N–H and O–H groups in total. The van der Waals surface area contributed by atoms with E-state index in [2.05, 4.69) is 9.57 Å². The number of carbonyl (C=O) groups excluding carboxylic acids is 2. The van der Waals surface area contributed by atoms with Gasteiger partial charge in [0.2, 0.25) is 3.79 Å². The quantitative estimate of drug-likeness (QED) is 0.664. The van der Waals surface area contributed by atoms with Crippen LogP contribution >= 0.6 is 34.8 Å². The first-order valence-electron chi connectivity index (χ1n) is 5.96. The van der Waals surface area contributed by atoms with Gasteiger partial charge >= 0.3 is 12.1 Å². The predicted molar refractivity (Wildman–Crippen MR) is 80.5 cm³/mol. The van der Waals surface area contributed by atoms with Crippen molar-refractivity contribution in [2.24, 2.45) is 0 Å². The third-order valence-electron chi connectivity index (χ3n) is 2.53. The van der Waals surface area contributed by atoms with E-state index in [1.54, 1.807) is 6.92 Å². The minimum Gasteiger partial charge on any atom is -0.443 e. The highest BCUT2D eigenvalue weighted by molar-refractivity contribution is 6.67. The second kappa shape index (κ2) is 7.73. The number of hydrogen-bond acceptors (Lipinski definition) is 4. The summed E-state index contributed by atoms with van der Waals surface area (Å²) in [6.07, 6.45) is -1.02. The van der Waals surface area contributed by atoms with Gasteiger partial charge in [-0.2, -0.15) is 0 Å². The molecular weight excluding hydrogens is 341 g/mol. The molecule has 0 radical (unpaired) electrons. The molecule has 8 heteroatoms. The molecule has 21 heavy (non-hydrogen) atoms. The maximum absolute atomic E-state index is 11.8. The number of carbonyl (C=O) groups is 2. The van der Waals surface area contributed by atoms with Crippen molar-refractivity contribution in [3.63, 3.8) is 0 Å². The van der Waals surface area contributed by atoms with Gasteiger partial charge in [-0.05, 0) is 19.4 Å². The molecule has 1 atom stereocenters. The van der Waals surface area contributed by atoms with Crippen LogP contribution < -0.4 is 5.48 Å². The Bertz CT molecular complexity index is 499. The molecular formula is C13H14Cl3NO4. The molecule has 0 fully saturated rings. The molecule has 1 rings (SSSR count). The Balaban J connectivity index is 2.43. The predicted octanol–water partition coefficient (Wildman–Crippen LogP) is 3.65. The average molecular weight is 355 g/mol. The van der Waals surface area contributed by atoms with Crippen molar-refractivity contribution in [2.75, 3.05) is 6.61 Å². The number of amides is 1. The summed E-state index contributed by atoms with van der Waals surface area (Å²) in [6, 6.07) is 7.37. The van der Waals surface area contributed by atoms with Gasteiger partial charge in [0.05, 0.1) is 5.92 Å². The molecule has 0 heterocycles. The van der Waals surface area contributed by atoms with E-state index in [1.165, 1.54) is 0 Å². The Kier molecular flexibility index (Phi) is 6.58. The van der Waals surface area contributed by atoms with Crippen molar-refractivity contribution in [1.82, 2.24) is 5.48 Å². The van der Waals surface area contributed by atoms with Crippen LogP contribution in [0.4, 0.5) is 4.79 Å². The molecule has 1 aromatic rings. The zero-order valence-electron chi connectivity index (χ0n) is 11.4. The fourth-order valence-electron chi connectivity index (χ4n) is 1.35. The summed E-state index contributed by atoms with van der Waals surface area (Å²) in [5.74, 6) is -1.18. The monoisotopic (exact) mass is 353 g/mol. The molecule has 0 aliphatic rings. The Morgan fingerprint density at radius 3 is 2.33 bits per heavy atom. The fraction of sp³-hybridized carbons (Fsp3) is 0.385. The van der Waals surface area contributed by atoms with Crippen molar-refractivity contribution < 1.29 is 19.2 Å². The van der Waals surface area contributed by atoms with Gasteiger partial charge in [0, 0.05) is 0 Å². The van der Waals surface area contributed by atoms with Gasteiger partial charge in [-0.3, -0.25) is 0 Å². The zero-order chi connectivity index (χ0) is 16.0. The molecule has 0 saturated carbocycles. The maximum Gasteiger partial charge on any atom is 0.440 e. The van der Waals surface area contributed by atoms with Crippen molar-refractivity contribution in [1.29, 1.82) is 0 Å². The van der Waals surface area contributed by atoms with E-state index in [4.69, 9.17) is 34.8 Å². The summed E-state index contributed by atoms with van der Waals surface area (Å²) in [5, 5.41) is 0. The minimum absolute atomic E-state index is 0.464. The number of nitrogens with one attached hydrogen (secondary N) is 1. The van der Waals surface area contributed by atoms with Crippen LogP contribution in [0.15, 0.2) is 24.3 Å². The molecule has 116 valence electrons. The SMILES string of the molecule is Cc1ccc(C(C)C(=O)ONC(=O)OCC(Cl)(Cl)Cl)cc1. The minimum atomic E-state index is -1.73. The molecule has 0 bridgehead atoms. The third kappa shape index (κ3) is 6.89. The van der Waals surface area contributed by atoms with Crippen molar-refractivity contribution in [2.45, 2.75) is 23.6 Å². The van der Waals surface area contributed by atoms with Gasteiger partial charge < -0.3 is 9.57 Å². The van der Waals surface area contributed by atoms with E-state index in [-0.39, 0.29) is 0 Å². The summed E-state index contributed by atoms with van der Waals surface area (Å²) in [5.41, 5.74) is 3.67. The Morgan fingerprint density at radius 2 is 1.81 bits per heavy atom. The highest BCUT2D eigenvalue weighted by Gasteiger charge is 2.23. The second-order valence-electron chi connectivity index (χ2n) is 4.35. The summed E-state index contributed by atoms with van der Waals surface area (Å²) >= 11 is 16.2. The van der Waals surface area contributed by atoms with Crippen molar-refractivity contribution >= 4 is 46.9 Å². The van der Waals surface area contributed by atoms with Crippen LogP contribution in [0.5, 0.6) is 0 Å². The molecule has 1 unspecified atom stereocenters. The highest BCUT2D eigenvalue weighted by atomic mass is 35.6. The molecule has 0 aliphatic heterocycles. The van der Waals surface area contributed by atoms with Crippen LogP contribution in [-0.2, 0) is 14.4 Å². The lowest BCUT2D eigenvalue weighted by atomic mass is 10.0. The van der Waals surface area contributed by atoms with Crippen LogP contribution in [0, 0.1) is 6.92 Å². The number of ether oxygens (including phenoxy) is 1. The number of alkyl halides is 3. The van der Waals surface area contributed by atoms with Gasteiger partial charge in [-0.15, -0.1) is 5.48 Å². The number of halogens is 3. The summed E-state index contributed by atoms with van der Waals surface area (Å²) < 4.78 is 2.81. The maximum atomic E-state index is 11.8. The second-order valence-corrected chi connectivity index (χ2v) is 6.86. The van der Waals surface area contributed by atoms with Gasteiger partial charge in [0.1, 0.15) is 6.61 Å². The summed E-state index contributed by atoms with van der Waals surface area (Å²) in [6.45, 7) is 3.13. The van der Waals surface area contributed by atoms with Crippen LogP contribution in [-0.4, -0.2) is 22.5 Å². The first kappa shape index (κ1) is 17.9. The smallest absolute Gasteiger partial charge is 0.440 e. The first-order chi connectivity index (χ1) is 9.69.